The van der Waals surface area contributed by atoms with Gasteiger partial charge in [-0.3, -0.25) is 4.90 Å². The molecule has 0 aliphatic carbocycles. The van der Waals surface area contributed by atoms with Crippen LogP contribution in [0, 0.1) is 18.6 Å². The SMILES string of the molecule is Cc1cc(CS(=O)(=O)N2CCN(C(c3ccc(F)cc3)c3ccc(F)cc3)CC2)no1. The van der Waals surface area contributed by atoms with Crippen molar-refractivity contribution in [1.29, 1.82) is 0 Å². The second kappa shape index (κ2) is 8.86. The Balaban J connectivity index is 1.52. The van der Waals surface area contributed by atoms with E-state index in [4.69, 9.17) is 4.52 Å². The zero-order valence-electron chi connectivity index (χ0n) is 17.0. The lowest BCUT2D eigenvalue weighted by Gasteiger charge is -2.39. The number of hydrogen-bond acceptors (Lipinski definition) is 5. The molecule has 0 radical (unpaired) electrons. The maximum Gasteiger partial charge on any atom is 0.220 e. The molecule has 3 aromatic rings. The molecular weight excluding hydrogens is 424 g/mol. The molecule has 0 atom stereocenters. The first-order valence-electron chi connectivity index (χ1n) is 9.97. The highest BCUT2D eigenvalue weighted by atomic mass is 32.2. The molecular formula is C22H23F2N3O3S. The first-order valence-corrected chi connectivity index (χ1v) is 11.6. The Morgan fingerprint density at radius 3 is 1.90 bits per heavy atom. The topological polar surface area (TPSA) is 66.7 Å². The van der Waals surface area contributed by atoms with E-state index in [0.29, 0.717) is 37.6 Å². The summed E-state index contributed by atoms with van der Waals surface area (Å²) in [6.45, 7) is 3.32. The molecule has 0 N–H and O–H groups in total. The van der Waals surface area contributed by atoms with Gasteiger partial charge in [0.25, 0.3) is 0 Å². The average Bonchev–Trinajstić information content (AvgIpc) is 3.15. The standard InChI is InChI=1S/C22H23F2N3O3S/c1-16-14-21(25-30-16)15-31(28,29)27-12-10-26(11-13-27)22(17-2-6-19(23)7-3-17)18-4-8-20(24)9-5-18/h2-9,14,22H,10-13,15H2,1H3. The minimum Gasteiger partial charge on any atom is -0.361 e. The van der Waals surface area contributed by atoms with E-state index in [-0.39, 0.29) is 23.4 Å². The Morgan fingerprint density at radius 1 is 0.935 bits per heavy atom. The van der Waals surface area contributed by atoms with Gasteiger partial charge < -0.3 is 4.52 Å². The van der Waals surface area contributed by atoms with Crippen molar-refractivity contribution < 1.29 is 21.7 Å². The number of nitrogens with zero attached hydrogens (tertiary/aromatic N) is 3. The van der Waals surface area contributed by atoms with Gasteiger partial charge in [0.15, 0.2) is 0 Å². The fraction of sp³-hybridized carbons (Fsp3) is 0.318. The first-order chi connectivity index (χ1) is 14.8. The predicted molar refractivity (Wildman–Crippen MR) is 112 cm³/mol. The highest BCUT2D eigenvalue weighted by Gasteiger charge is 2.32. The summed E-state index contributed by atoms with van der Waals surface area (Å²) >= 11 is 0. The molecule has 2 heterocycles. The molecule has 6 nitrogen and oxygen atoms in total. The number of halogens is 2. The lowest BCUT2D eigenvalue weighted by molar-refractivity contribution is 0.155. The van der Waals surface area contributed by atoms with Gasteiger partial charge in [0.1, 0.15) is 28.8 Å². The van der Waals surface area contributed by atoms with Gasteiger partial charge in [0.05, 0.1) is 6.04 Å². The van der Waals surface area contributed by atoms with Gasteiger partial charge >= 0.3 is 0 Å². The smallest absolute Gasteiger partial charge is 0.220 e. The fourth-order valence-electron chi connectivity index (χ4n) is 3.91. The summed E-state index contributed by atoms with van der Waals surface area (Å²) in [4.78, 5) is 2.13. The first kappa shape index (κ1) is 21.6. The van der Waals surface area contributed by atoms with Crippen molar-refractivity contribution in [3.8, 4) is 0 Å². The van der Waals surface area contributed by atoms with Crippen molar-refractivity contribution in [3.05, 3.63) is 88.8 Å². The molecule has 31 heavy (non-hydrogen) atoms. The molecule has 9 heteroatoms. The highest BCUT2D eigenvalue weighted by molar-refractivity contribution is 7.88. The monoisotopic (exact) mass is 447 g/mol. The van der Waals surface area contributed by atoms with Crippen molar-refractivity contribution in [2.45, 2.75) is 18.7 Å². The van der Waals surface area contributed by atoms with Crippen molar-refractivity contribution in [2.24, 2.45) is 0 Å². The van der Waals surface area contributed by atoms with E-state index in [2.05, 4.69) is 10.1 Å². The van der Waals surface area contributed by atoms with Crippen LogP contribution in [0.2, 0.25) is 0 Å². The van der Waals surface area contributed by atoms with Crippen molar-refractivity contribution in [2.75, 3.05) is 26.2 Å². The van der Waals surface area contributed by atoms with E-state index in [0.717, 1.165) is 11.1 Å². The van der Waals surface area contributed by atoms with Crippen LogP contribution < -0.4 is 0 Å². The molecule has 1 aromatic heterocycles. The molecule has 0 bridgehead atoms. The van der Waals surface area contributed by atoms with Crippen molar-refractivity contribution in [1.82, 2.24) is 14.4 Å². The molecule has 1 saturated heterocycles. The number of benzene rings is 2. The fourth-order valence-corrected chi connectivity index (χ4v) is 5.32. The lowest BCUT2D eigenvalue weighted by atomic mass is 9.96. The molecule has 164 valence electrons. The second-order valence-electron chi connectivity index (χ2n) is 7.63. The predicted octanol–water partition coefficient (Wildman–Crippen LogP) is 3.50. The quantitative estimate of drug-likeness (QED) is 0.579. The molecule has 0 amide bonds. The number of sulfonamides is 1. The van der Waals surface area contributed by atoms with Crippen LogP contribution in [0.4, 0.5) is 8.78 Å². The van der Waals surface area contributed by atoms with Gasteiger partial charge in [-0.1, -0.05) is 29.4 Å². The molecule has 1 aliphatic heterocycles. The zero-order chi connectivity index (χ0) is 22.0. The van der Waals surface area contributed by atoms with Gasteiger partial charge in [-0.2, -0.15) is 4.31 Å². The second-order valence-corrected chi connectivity index (χ2v) is 9.59. The van der Waals surface area contributed by atoms with Gasteiger partial charge in [0.2, 0.25) is 10.0 Å². The third kappa shape index (κ3) is 5.00. The Bertz CT molecular complexity index is 1080. The van der Waals surface area contributed by atoms with Gasteiger partial charge in [0, 0.05) is 32.2 Å². The van der Waals surface area contributed by atoms with E-state index < -0.39 is 10.0 Å². The van der Waals surface area contributed by atoms with Crippen LogP contribution in [0.1, 0.15) is 28.6 Å². The van der Waals surface area contributed by atoms with Crippen molar-refractivity contribution >= 4 is 10.0 Å². The zero-order valence-corrected chi connectivity index (χ0v) is 17.9. The Morgan fingerprint density at radius 2 is 1.45 bits per heavy atom. The summed E-state index contributed by atoms with van der Waals surface area (Å²) < 4.78 is 58.9. The van der Waals surface area contributed by atoms with Gasteiger partial charge in [-0.05, 0) is 42.3 Å². The highest BCUT2D eigenvalue weighted by Crippen LogP contribution is 2.30. The van der Waals surface area contributed by atoms with Crippen LogP contribution in [0.25, 0.3) is 0 Å². The van der Waals surface area contributed by atoms with E-state index >= 15 is 0 Å². The van der Waals surface area contributed by atoms with Crippen LogP contribution in [0.15, 0.2) is 59.1 Å². The molecule has 2 aromatic carbocycles. The Labute approximate surface area is 180 Å². The third-order valence-corrected chi connectivity index (χ3v) is 7.22. The minimum absolute atomic E-state index is 0.205. The summed E-state index contributed by atoms with van der Waals surface area (Å²) in [6, 6.07) is 13.8. The number of rotatable bonds is 6. The number of aromatic nitrogens is 1. The van der Waals surface area contributed by atoms with Gasteiger partial charge in [-0.25, -0.2) is 17.2 Å². The van der Waals surface area contributed by atoms with E-state index in [1.54, 1.807) is 37.3 Å². The molecule has 4 rings (SSSR count). The van der Waals surface area contributed by atoms with E-state index in [1.165, 1.54) is 28.6 Å². The van der Waals surface area contributed by atoms with Crippen LogP contribution in [-0.4, -0.2) is 49.0 Å². The average molecular weight is 448 g/mol. The maximum absolute atomic E-state index is 13.5. The van der Waals surface area contributed by atoms with E-state index in [1.807, 2.05) is 0 Å². The van der Waals surface area contributed by atoms with Crippen LogP contribution in [0.5, 0.6) is 0 Å². The summed E-state index contributed by atoms with van der Waals surface area (Å²) in [7, 11) is -3.53. The van der Waals surface area contributed by atoms with Crippen LogP contribution in [0.3, 0.4) is 0 Å². The lowest BCUT2D eigenvalue weighted by Crippen LogP contribution is -2.50. The largest absolute Gasteiger partial charge is 0.361 e. The molecule has 0 spiro atoms. The Kier molecular flexibility index (Phi) is 6.17. The number of piperazine rings is 1. The normalized spacial score (nSPS) is 16.1. The van der Waals surface area contributed by atoms with Crippen molar-refractivity contribution in [3.63, 3.8) is 0 Å². The molecule has 0 unspecified atom stereocenters. The number of aryl methyl sites for hydroxylation is 1. The summed E-state index contributed by atoms with van der Waals surface area (Å²) in [5, 5.41) is 3.78. The summed E-state index contributed by atoms with van der Waals surface area (Å²) in [5.41, 5.74) is 2.11. The molecule has 1 fully saturated rings. The number of hydrogen-bond donors (Lipinski definition) is 0. The maximum atomic E-state index is 13.5. The van der Waals surface area contributed by atoms with Gasteiger partial charge in [-0.15, -0.1) is 0 Å². The molecule has 1 aliphatic rings. The van der Waals surface area contributed by atoms with E-state index in [9.17, 15) is 17.2 Å². The van der Waals surface area contributed by atoms with Crippen LogP contribution >= 0.6 is 0 Å². The third-order valence-electron chi connectivity index (χ3n) is 5.41. The Hall–Kier alpha value is -2.62. The minimum atomic E-state index is -3.53. The molecule has 0 saturated carbocycles. The summed E-state index contributed by atoms with van der Waals surface area (Å²) in [5.74, 6) is -0.304. The van der Waals surface area contributed by atoms with Crippen LogP contribution in [-0.2, 0) is 15.8 Å². The summed E-state index contributed by atoms with van der Waals surface area (Å²) in [6.07, 6.45) is 0.